The standard InChI is InChI=1S/5C17H29N5O/c5*1-10-6-7-12(8-11(10)2)20-15-13(14(18)23)9-19-16(21-15)22-17(3,4)5/h5*9-12H,6-8H2,1-5H3,(H2,18,23)(H2,19,20,21,22)/t5*10-,11-,12-/m11111/s1/i2*3D3,11D;12D;11D;3D3. The zero-order valence-electron chi connectivity index (χ0n) is 85.2. The molecule has 5 amide bonds. The lowest BCUT2D eigenvalue weighted by molar-refractivity contribution is 0.0991. The zero-order chi connectivity index (χ0) is 97.2. The fourth-order valence-electron chi connectivity index (χ4n) is 13.8. The zero-order valence-corrected chi connectivity index (χ0v) is 72.2. The normalized spacial score (nSPS) is 29.5. The van der Waals surface area contributed by atoms with Crippen LogP contribution in [0.1, 0.15) is 339 Å². The molecule has 0 aliphatic heterocycles. The van der Waals surface area contributed by atoms with Crippen LogP contribution in [0.3, 0.4) is 0 Å². The average Bonchev–Trinajstić information content (AvgIpc) is 1.45. The maximum Gasteiger partial charge on any atom is 0.254 e. The SMILES string of the molecule is [2H]C([2H])([2H])C(C)(C)Nc1ncc(C(N)=O)c(N[C@@H]2CC[C@@H](C)[C@H](C)C2)n1.[2H]C([2H])([2H])C(C)(C)Nc1ncc(C(N)=O)c(N[C@@H]2CC[C@@H](C)[C@]([2H])(C)C2)n1.[2H]C([2H])([2H])C(C)(C)Nc1ncc(C(N)=O)c(N[C@@H]2CC[C@@H](C)[C@]([2H])(C)C2)n1.[2H][C@@]1(C)C[C@H](Nc2nc(NC(C)(C)C)ncc2C(N)=O)CC[C@H]1C.[2H][C@@]1(Nc2nc(NC(C)(C)C)ncc2C(N)=O)CC[C@@H](C)[C@H](C)C1. The van der Waals surface area contributed by atoms with Gasteiger partial charge in [0.25, 0.3) is 29.5 Å². The summed E-state index contributed by atoms with van der Waals surface area (Å²) in [4.78, 5) is 101. The van der Waals surface area contributed by atoms with Crippen molar-refractivity contribution in [1.82, 2.24) is 49.8 Å². The number of carbonyl (C=O) groups excluding carboxylic acids is 5. The minimum atomic E-state index is -2.27. The summed E-state index contributed by atoms with van der Waals surface area (Å²) in [6, 6.07) is -0.610. The molecule has 5 aromatic heterocycles. The molecule has 0 unspecified atom stereocenters. The number of carbonyl (C=O) groups is 5. The van der Waals surface area contributed by atoms with Gasteiger partial charge >= 0.3 is 0 Å². The minimum Gasteiger partial charge on any atom is -0.366 e. The topological polar surface area (TPSA) is 465 Å². The fraction of sp³-hybridized carbons (Fsp3) is 0.706. The molecule has 5 aliphatic carbocycles. The number of rotatable bonds is 20. The molecule has 5 aliphatic rings. The lowest BCUT2D eigenvalue weighted by Crippen LogP contribution is -2.32. The second-order valence-corrected chi connectivity index (χ2v) is 36.2. The summed E-state index contributed by atoms with van der Waals surface area (Å²) in [5.74, 6) is 1.34. The first kappa shape index (κ1) is 75.8. The highest BCUT2D eigenvalue weighted by atomic mass is 16.2. The Morgan fingerprint density at radius 3 is 0.739 bits per heavy atom. The van der Waals surface area contributed by atoms with Gasteiger partial charge in [0.15, 0.2) is 0 Å². The number of nitrogens with one attached hydrogen (secondary N) is 10. The lowest BCUT2D eigenvalue weighted by Gasteiger charge is -2.33. The van der Waals surface area contributed by atoms with Crippen LogP contribution in [0, 0.1) is 59.1 Å². The fourth-order valence-corrected chi connectivity index (χ4v) is 13.8. The van der Waals surface area contributed by atoms with E-state index in [-0.39, 0.29) is 104 Å². The summed E-state index contributed by atoms with van der Waals surface area (Å²) < 4.78 is 103. The molecule has 5 saturated carbocycles. The van der Waals surface area contributed by atoms with Crippen LogP contribution in [0.15, 0.2) is 31.0 Å². The maximum atomic E-state index is 11.8. The second kappa shape index (κ2) is 41.0. The van der Waals surface area contributed by atoms with Crippen LogP contribution in [-0.2, 0) is 0 Å². The summed E-state index contributed by atoms with van der Waals surface area (Å²) in [6.07, 6.45) is 19.6. The van der Waals surface area contributed by atoms with Crippen molar-refractivity contribution in [2.45, 2.75) is 327 Å². The second-order valence-electron chi connectivity index (χ2n) is 36.2. The van der Waals surface area contributed by atoms with Gasteiger partial charge in [-0.2, -0.15) is 24.9 Å². The Hall–Kier alpha value is -9.25. The Morgan fingerprint density at radius 1 is 0.304 bits per heavy atom. The Labute approximate surface area is 704 Å². The van der Waals surface area contributed by atoms with Gasteiger partial charge in [-0.1, -0.05) is 69.2 Å². The van der Waals surface area contributed by atoms with E-state index in [1.807, 2.05) is 62.3 Å². The number of hydrogen-bond donors (Lipinski definition) is 15. The molecular weight excluding hydrogens is 1450 g/mol. The molecule has 15 atom stereocenters. The van der Waals surface area contributed by atoms with Gasteiger partial charge in [0, 0.05) is 105 Å². The minimum absolute atomic E-state index is 0.0276. The van der Waals surface area contributed by atoms with Gasteiger partial charge in [0.1, 0.15) is 29.1 Å². The van der Waals surface area contributed by atoms with Crippen LogP contribution in [0.4, 0.5) is 58.8 Å². The maximum absolute atomic E-state index is 11.8. The molecule has 20 N–H and O–H groups in total. The molecule has 115 heavy (non-hydrogen) atoms. The number of nitrogens with zero attached hydrogens (tertiary/aromatic N) is 10. The number of primary amides is 5. The largest absolute Gasteiger partial charge is 0.366 e. The average molecular weight is 1610 g/mol. The highest BCUT2D eigenvalue weighted by Gasteiger charge is 2.33. The molecule has 0 spiro atoms. The molecule has 30 heteroatoms. The quantitative estimate of drug-likeness (QED) is 0.0344. The molecule has 5 heterocycles. The number of nitrogens with two attached hydrogens (primary N) is 5. The van der Waals surface area contributed by atoms with E-state index in [2.05, 4.69) is 151 Å². The van der Waals surface area contributed by atoms with E-state index in [4.69, 9.17) is 46.5 Å². The summed E-state index contributed by atoms with van der Waals surface area (Å²) in [5.41, 5.74) is 24.1. The van der Waals surface area contributed by atoms with E-state index in [1.54, 1.807) is 13.8 Å². The van der Waals surface area contributed by atoms with Gasteiger partial charge in [-0.3, -0.25) is 24.0 Å². The predicted octanol–water partition coefficient (Wildman–Crippen LogP) is 15.1. The van der Waals surface area contributed by atoms with Gasteiger partial charge in [-0.15, -0.1) is 0 Å². The van der Waals surface area contributed by atoms with Crippen molar-refractivity contribution in [1.29, 1.82) is 0 Å². The Morgan fingerprint density at radius 2 is 0.522 bits per heavy atom. The third-order valence-electron chi connectivity index (χ3n) is 21.3. The van der Waals surface area contributed by atoms with Crippen LogP contribution in [0.25, 0.3) is 0 Å². The Balaban J connectivity index is 0.000000247. The number of aromatic nitrogens is 10. The molecular formula is C85H145N25O5. The number of hydrogen-bond acceptors (Lipinski definition) is 25. The first-order valence-corrected chi connectivity index (χ1v) is 40.4. The van der Waals surface area contributed by atoms with Gasteiger partial charge in [0.2, 0.25) is 29.7 Å². The van der Waals surface area contributed by atoms with Crippen LogP contribution in [-0.4, -0.2) is 137 Å². The first-order chi connectivity index (χ1) is 58.3. The van der Waals surface area contributed by atoms with E-state index in [0.717, 1.165) is 64.2 Å². The van der Waals surface area contributed by atoms with Crippen LogP contribution in [0.2, 0.25) is 0 Å². The number of amides is 5. The number of anilines is 10. The molecule has 30 nitrogen and oxygen atoms in total. The highest BCUT2D eigenvalue weighted by Crippen LogP contribution is 2.37. The molecule has 5 fully saturated rings. The van der Waals surface area contributed by atoms with Gasteiger partial charge in [-0.05, 0) is 259 Å². The smallest absolute Gasteiger partial charge is 0.254 e. The Bertz CT molecular complexity index is 4500. The van der Waals surface area contributed by atoms with Crippen LogP contribution in [0.5, 0.6) is 0 Å². The predicted molar refractivity (Wildman–Crippen MR) is 468 cm³/mol. The molecule has 5 aromatic rings. The van der Waals surface area contributed by atoms with E-state index in [9.17, 15) is 24.0 Å². The van der Waals surface area contributed by atoms with Crippen molar-refractivity contribution < 1.29 is 41.8 Å². The van der Waals surface area contributed by atoms with Crippen molar-refractivity contribution in [3.05, 3.63) is 58.8 Å². The van der Waals surface area contributed by atoms with Gasteiger partial charge in [-0.25, -0.2) is 24.9 Å². The summed E-state index contributed by atoms with van der Waals surface area (Å²) >= 11 is 0. The molecule has 0 radical (unpaired) electrons. The van der Waals surface area contributed by atoms with Crippen molar-refractivity contribution in [3.63, 3.8) is 0 Å². The lowest BCUT2D eigenvalue weighted by atomic mass is 9.79. The summed E-state index contributed by atoms with van der Waals surface area (Å²) in [7, 11) is 0. The van der Waals surface area contributed by atoms with Crippen molar-refractivity contribution in [2.75, 3.05) is 53.2 Å². The summed E-state index contributed by atoms with van der Waals surface area (Å²) in [6.45, 7) is 35.4. The molecule has 640 valence electrons. The first-order valence-electron chi connectivity index (χ1n) is 46.9. The van der Waals surface area contributed by atoms with Gasteiger partial charge in [0.05, 0.1) is 29.2 Å². The van der Waals surface area contributed by atoms with Crippen molar-refractivity contribution in [3.8, 4) is 0 Å². The third-order valence-corrected chi connectivity index (χ3v) is 21.3. The van der Waals surface area contributed by atoms with E-state index in [0.29, 0.717) is 91.0 Å². The van der Waals surface area contributed by atoms with E-state index >= 15 is 0 Å². The molecule has 0 aromatic carbocycles. The van der Waals surface area contributed by atoms with Crippen molar-refractivity contribution >= 4 is 88.4 Å². The molecule has 0 bridgehead atoms. The third kappa shape index (κ3) is 32.1. The van der Waals surface area contributed by atoms with E-state index < -0.39 is 90.4 Å². The highest BCUT2D eigenvalue weighted by molar-refractivity contribution is 6.00. The van der Waals surface area contributed by atoms with Crippen LogP contribution >= 0.6 is 0 Å². The summed E-state index contributed by atoms with van der Waals surface area (Å²) in [5, 5.41) is 31.1. The molecule has 10 rings (SSSR count). The monoisotopic (exact) mass is 1610 g/mol. The van der Waals surface area contributed by atoms with Crippen LogP contribution < -0.4 is 81.8 Å². The van der Waals surface area contributed by atoms with Crippen molar-refractivity contribution in [2.24, 2.45) is 87.8 Å². The molecule has 0 saturated heterocycles. The van der Waals surface area contributed by atoms with E-state index in [1.165, 1.54) is 58.7 Å². The Kier molecular flexibility index (Phi) is 27.0. The van der Waals surface area contributed by atoms with Gasteiger partial charge < -0.3 is 81.8 Å².